The van der Waals surface area contributed by atoms with Gasteiger partial charge in [0.25, 0.3) is 0 Å². The molecule has 0 aliphatic rings. The Morgan fingerprint density at radius 3 is 2.15 bits per heavy atom. The minimum atomic E-state index is -0.727. The van der Waals surface area contributed by atoms with Gasteiger partial charge >= 0.3 is 12.2 Å². The molecule has 0 radical (unpaired) electrons. The maximum atomic E-state index is 13.1. The van der Waals surface area contributed by atoms with E-state index < -0.39 is 23.4 Å². The summed E-state index contributed by atoms with van der Waals surface area (Å²) in [5.41, 5.74) is 0.346. The van der Waals surface area contributed by atoms with Gasteiger partial charge in [-0.1, -0.05) is 23.2 Å². The third-order valence-electron chi connectivity index (χ3n) is 4.11. The molecule has 0 spiro atoms. The van der Waals surface area contributed by atoms with Gasteiger partial charge in [0.2, 0.25) is 0 Å². The second kappa shape index (κ2) is 10.8. The molecule has 2 amide bonds. The minimum Gasteiger partial charge on any atom is -0.444 e. The Hall–Kier alpha value is -1.85. The number of aryl methyl sites for hydroxylation is 2. The number of aromatic nitrogens is 2. The van der Waals surface area contributed by atoms with Crippen molar-refractivity contribution in [3.8, 4) is 0 Å². The quantitative estimate of drug-likeness (QED) is 0.360. The molecule has 1 N–H and O–H groups in total. The van der Waals surface area contributed by atoms with Crippen LogP contribution < -0.4 is 10.2 Å². The summed E-state index contributed by atoms with van der Waals surface area (Å²) in [7, 11) is 0. The van der Waals surface area contributed by atoms with E-state index >= 15 is 0 Å². The second-order valence-corrected chi connectivity index (χ2v) is 11.5. The molecule has 2 aromatic rings. The molecule has 0 aliphatic carbocycles. The van der Waals surface area contributed by atoms with E-state index in [9.17, 15) is 9.59 Å². The van der Waals surface area contributed by atoms with E-state index in [1.54, 1.807) is 67.5 Å². The van der Waals surface area contributed by atoms with Gasteiger partial charge in [0.1, 0.15) is 17.0 Å². The number of carbonyl (C=O) groups is 2. The molecule has 2 rings (SSSR count). The SMILES string of the molecule is Cc1cc(Cl)cc(N(Cc2c(C)nc(NC(=O)OC(C)(C)C)c(I)c2Cl)C(=O)OC(C)(C)C)n1. The smallest absolute Gasteiger partial charge is 0.416 e. The molecule has 2 heterocycles. The van der Waals surface area contributed by atoms with E-state index in [0.29, 0.717) is 36.4 Å². The summed E-state index contributed by atoms with van der Waals surface area (Å²) in [5, 5.41) is 3.40. The molecule has 0 fully saturated rings. The fourth-order valence-corrected chi connectivity index (χ4v) is 3.93. The molecule has 34 heavy (non-hydrogen) atoms. The molecule has 0 saturated carbocycles. The number of anilines is 2. The fourth-order valence-electron chi connectivity index (χ4n) is 2.81. The Morgan fingerprint density at radius 1 is 1.03 bits per heavy atom. The fraction of sp³-hybridized carbons (Fsp3) is 0.478. The van der Waals surface area contributed by atoms with E-state index in [2.05, 4.69) is 15.3 Å². The largest absolute Gasteiger partial charge is 0.444 e. The minimum absolute atomic E-state index is 0.0298. The number of amides is 2. The lowest BCUT2D eigenvalue weighted by molar-refractivity contribution is 0.0574. The predicted octanol–water partition coefficient (Wildman–Crippen LogP) is 7.29. The van der Waals surface area contributed by atoms with Gasteiger partial charge in [-0.05, 0) is 90.1 Å². The van der Waals surface area contributed by atoms with Gasteiger partial charge in [0, 0.05) is 22.0 Å². The van der Waals surface area contributed by atoms with Crippen molar-refractivity contribution in [2.75, 3.05) is 10.2 Å². The summed E-state index contributed by atoms with van der Waals surface area (Å²) >= 11 is 14.9. The molecule has 0 saturated heterocycles. The summed E-state index contributed by atoms with van der Waals surface area (Å²) in [6.45, 7) is 14.2. The number of nitrogens with one attached hydrogen (secondary N) is 1. The highest BCUT2D eigenvalue weighted by Crippen LogP contribution is 2.33. The summed E-state index contributed by atoms with van der Waals surface area (Å²) in [6.07, 6.45) is -1.25. The first-order valence-corrected chi connectivity index (χ1v) is 12.3. The van der Waals surface area contributed by atoms with E-state index in [0.717, 1.165) is 0 Å². The molecule has 0 bridgehead atoms. The first-order chi connectivity index (χ1) is 15.5. The zero-order valence-electron chi connectivity index (χ0n) is 20.5. The standard InChI is InChI=1S/C23H29Cl2IN4O4/c1-12-9-14(24)10-16(27-12)30(21(32)34-23(6,7)8)11-15-13(2)28-19(18(26)17(15)25)29-20(31)33-22(3,4)5/h9-10H,11H2,1-8H3,(H,28,29,31). The number of hydrogen-bond donors (Lipinski definition) is 1. The molecule has 0 atom stereocenters. The lowest BCUT2D eigenvalue weighted by Gasteiger charge is -2.28. The van der Waals surface area contributed by atoms with Crippen molar-refractivity contribution in [2.24, 2.45) is 0 Å². The summed E-state index contributed by atoms with van der Waals surface area (Å²) in [6, 6.07) is 3.27. The lowest BCUT2D eigenvalue weighted by Crippen LogP contribution is -2.37. The van der Waals surface area contributed by atoms with Crippen LogP contribution in [0, 0.1) is 17.4 Å². The van der Waals surface area contributed by atoms with Crippen LogP contribution in [0.2, 0.25) is 10.0 Å². The lowest BCUT2D eigenvalue weighted by atomic mass is 10.1. The van der Waals surface area contributed by atoms with Crippen LogP contribution in [-0.2, 0) is 16.0 Å². The van der Waals surface area contributed by atoms with Crippen LogP contribution in [0.3, 0.4) is 0 Å². The second-order valence-electron chi connectivity index (χ2n) is 9.63. The van der Waals surface area contributed by atoms with Crippen LogP contribution in [0.1, 0.15) is 58.5 Å². The van der Waals surface area contributed by atoms with E-state index in [-0.39, 0.29) is 12.4 Å². The van der Waals surface area contributed by atoms with Crippen molar-refractivity contribution in [1.29, 1.82) is 0 Å². The Balaban J connectivity index is 2.47. The maximum Gasteiger partial charge on any atom is 0.416 e. The number of rotatable bonds is 4. The molecule has 0 unspecified atom stereocenters. The van der Waals surface area contributed by atoms with Gasteiger partial charge < -0.3 is 9.47 Å². The number of hydrogen-bond acceptors (Lipinski definition) is 6. The monoisotopic (exact) mass is 622 g/mol. The van der Waals surface area contributed by atoms with Gasteiger partial charge in [-0.25, -0.2) is 19.6 Å². The first-order valence-electron chi connectivity index (χ1n) is 10.5. The highest BCUT2D eigenvalue weighted by atomic mass is 127. The zero-order chi connectivity index (χ0) is 26.0. The van der Waals surface area contributed by atoms with Crippen molar-refractivity contribution >= 4 is 69.6 Å². The third-order valence-corrected chi connectivity index (χ3v) is 6.12. The first kappa shape index (κ1) is 28.4. The van der Waals surface area contributed by atoms with E-state index in [4.69, 9.17) is 32.7 Å². The van der Waals surface area contributed by atoms with Gasteiger partial charge in [0.15, 0.2) is 5.82 Å². The van der Waals surface area contributed by atoms with Gasteiger partial charge in [-0.2, -0.15) is 0 Å². The van der Waals surface area contributed by atoms with Crippen LogP contribution in [0.25, 0.3) is 0 Å². The van der Waals surface area contributed by atoms with Crippen molar-refractivity contribution in [1.82, 2.24) is 9.97 Å². The number of halogens is 3. The molecule has 8 nitrogen and oxygen atoms in total. The van der Waals surface area contributed by atoms with Gasteiger partial charge in [-0.3, -0.25) is 10.2 Å². The van der Waals surface area contributed by atoms with Crippen LogP contribution in [0.15, 0.2) is 12.1 Å². The Bertz CT molecular complexity index is 1080. The molecular weight excluding hydrogens is 594 g/mol. The molecule has 0 aliphatic heterocycles. The van der Waals surface area contributed by atoms with Crippen molar-refractivity contribution in [3.63, 3.8) is 0 Å². The Morgan fingerprint density at radius 2 is 1.62 bits per heavy atom. The van der Waals surface area contributed by atoms with Crippen molar-refractivity contribution < 1.29 is 19.1 Å². The van der Waals surface area contributed by atoms with Crippen molar-refractivity contribution in [3.05, 3.63) is 42.7 Å². The average molecular weight is 623 g/mol. The van der Waals surface area contributed by atoms with Crippen LogP contribution in [0.4, 0.5) is 21.2 Å². The Labute approximate surface area is 223 Å². The Kier molecular flexibility index (Phi) is 9.04. The molecule has 186 valence electrons. The molecule has 0 aromatic carbocycles. The zero-order valence-corrected chi connectivity index (χ0v) is 24.1. The van der Waals surface area contributed by atoms with Crippen molar-refractivity contribution in [2.45, 2.75) is 73.1 Å². The predicted molar refractivity (Wildman–Crippen MR) is 143 cm³/mol. The van der Waals surface area contributed by atoms with Gasteiger partial charge in [-0.15, -0.1) is 0 Å². The number of ether oxygens (including phenoxy) is 2. The van der Waals surface area contributed by atoms with Crippen LogP contribution >= 0.6 is 45.8 Å². The van der Waals surface area contributed by atoms with Crippen LogP contribution in [0.5, 0.6) is 0 Å². The maximum absolute atomic E-state index is 13.1. The molecular formula is C23H29Cl2IN4O4. The van der Waals surface area contributed by atoms with E-state index in [1.807, 2.05) is 22.6 Å². The summed E-state index contributed by atoms with van der Waals surface area (Å²) < 4.78 is 11.4. The topological polar surface area (TPSA) is 93.7 Å². The molecule has 11 heteroatoms. The van der Waals surface area contributed by atoms with Gasteiger partial charge in [0.05, 0.1) is 15.1 Å². The number of pyridine rings is 2. The summed E-state index contributed by atoms with van der Waals surface area (Å²) in [5.74, 6) is 0.585. The average Bonchev–Trinajstić information content (AvgIpc) is 2.62. The van der Waals surface area contributed by atoms with Crippen LogP contribution in [-0.4, -0.2) is 33.4 Å². The number of carbonyl (C=O) groups excluding carboxylic acids is 2. The molecule has 2 aromatic heterocycles. The third kappa shape index (κ3) is 8.13. The number of nitrogens with zero attached hydrogens (tertiary/aromatic N) is 3. The summed E-state index contributed by atoms with van der Waals surface area (Å²) in [4.78, 5) is 35.7. The van der Waals surface area contributed by atoms with E-state index in [1.165, 1.54) is 4.90 Å². The normalized spacial score (nSPS) is 11.7. The highest BCUT2D eigenvalue weighted by molar-refractivity contribution is 14.1. The highest BCUT2D eigenvalue weighted by Gasteiger charge is 2.28.